The number of anilines is 1. The van der Waals surface area contributed by atoms with Gasteiger partial charge in [0.15, 0.2) is 9.84 Å². The first-order valence-electron chi connectivity index (χ1n) is 9.65. The van der Waals surface area contributed by atoms with Gasteiger partial charge in [-0.05, 0) is 30.3 Å². The Morgan fingerprint density at radius 3 is 2.50 bits per heavy atom. The highest BCUT2D eigenvalue weighted by Crippen LogP contribution is 2.30. The van der Waals surface area contributed by atoms with Gasteiger partial charge in [-0.2, -0.15) is 9.41 Å². The number of rotatable bonds is 7. The van der Waals surface area contributed by atoms with Gasteiger partial charge in [0, 0.05) is 31.1 Å². The van der Waals surface area contributed by atoms with Crippen molar-refractivity contribution in [3.8, 4) is 0 Å². The third-order valence-electron chi connectivity index (χ3n) is 5.02. The monoisotopic (exact) mass is 484 g/mol. The molecule has 0 amide bonds. The van der Waals surface area contributed by atoms with Crippen LogP contribution in [0.15, 0.2) is 51.3 Å². The molecule has 0 aromatic heterocycles. The highest BCUT2D eigenvalue weighted by atomic mass is 32.2. The number of sulfone groups is 1. The molecule has 2 aromatic carbocycles. The average molecular weight is 485 g/mol. The summed E-state index contributed by atoms with van der Waals surface area (Å²) < 4.78 is 64.7. The Labute approximate surface area is 184 Å². The Bertz CT molecular complexity index is 1310. The van der Waals surface area contributed by atoms with Crippen molar-refractivity contribution in [2.45, 2.75) is 30.1 Å². The SMILES string of the molecule is CCN(CC)S(=O)(=O)c1ccc(N/N=C2\CCS(=O)(=O)c3ccc(F)cc32)c([N+](=O)[O-])c1. The van der Waals surface area contributed by atoms with Crippen LogP contribution >= 0.6 is 0 Å². The first kappa shape index (κ1) is 23.8. The van der Waals surface area contributed by atoms with E-state index in [1.165, 1.54) is 16.4 Å². The minimum atomic E-state index is -3.91. The molecule has 0 radical (unpaired) electrons. The van der Waals surface area contributed by atoms with Crippen LogP contribution < -0.4 is 5.43 Å². The lowest BCUT2D eigenvalue weighted by molar-refractivity contribution is -0.384. The number of benzene rings is 2. The Hall–Kier alpha value is -2.90. The summed E-state index contributed by atoms with van der Waals surface area (Å²) in [6.07, 6.45) is -0.0198. The molecule has 1 heterocycles. The van der Waals surface area contributed by atoms with Crippen molar-refractivity contribution in [2.75, 3.05) is 24.3 Å². The molecule has 0 unspecified atom stereocenters. The van der Waals surface area contributed by atoms with E-state index in [9.17, 15) is 31.3 Å². The molecule has 0 saturated carbocycles. The summed E-state index contributed by atoms with van der Waals surface area (Å²) in [7, 11) is -7.50. The van der Waals surface area contributed by atoms with E-state index in [0.29, 0.717) is 0 Å². The van der Waals surface area contributed by atoms with Crippen LogP contribution in [0.3, 0.4) is 0 Å². The third kappa shape index (κ3) is 4.49. The van der Waals surface area contributed by atoms with Gasteiger partial charge in [0.1, 0.15) is 11.5 Å². The van der Waals surface area contributed by atoms with Crippen molar-refractivity contribution in [3.63, 3.8) is 0 Å². The lowest BCUT2D eigenvalue weighted by atomic mass is 10.1. The third-order valence-corrected chi connectivity index (χ3v) is 8.83. The molecular formula is C19H21FN4O6S2. The topological polar surface area (TPSA) is 139 Å². The highest BCUT2D eigenvalue weighted by Gasteiger charge is 2.29. The minimum absolute atomic E-state index is 0.0198. The van der Waals surface area contributed by atoms with Crippen LogP contribution in [0.1, 0.15) is 25.8 Å². The van der Waals surface area contributed by atoms with E-state index >= 15 is 0 Å². The van der Waals surface area contributed by atoms with Crippen LogP contribution in [0, 0.1) is 15.9 Å². The molecule has 32 heavy (non-hydrogen) atoms. The second kappa shape index (κ2) is 8.92. The fraction of sp³-hybridized carbons (Fsp3) is 0.316. The summed E-state index contributed by atoms with van der Waals surface area (Å²) in [5, 5.41) is 15.6. The number of hydrogen-bond donors (Lipinski definition) is 1. The van der Waals surface area contributed by atoms with E-state index in [0.717, 1.165) is 24.3 Å². The van der Waals surface area contributed by atoms with E-state index in [1.54, 1.807) is 13.8 Å². The Morgan fingerprint density at radius 2 is 1.88 bits per heavy atom. The maximum atomic E-state index is 13.7. The highest BCUT2D eigenvalue weighted by molar-refractivity contribution is 7.91. The molecule has 1 aliphatic heterocycles. The van der Waals surface area contributed by atoms with E-state index in [1.807, 2.05) is 0 Å². The minimum Gasteiger partial charge on any atom is -0.271 e. The van der Waals surface area contributed by atoms with Crippen LogP contribution in [0.5, 0.6) is 0 Å². The molecule has 0 saturated heterocycles. The Balaban J connectivity index is 2.01. The Kier molecular flexibility index (Phi) is 6.62. The maximum Gasteiger partial charge on any atom is 0.295 e. The average Bonchev–Trinajstić information content (AvgIpc) is 2.73. The van der Waals surface area contributed by atoms with Crippen LogP contribution in [-0.2, 0) is 19.9 Å². The molecule has 0 aliphatic carbocycles. The van der Waals surface area contributed by atoms with Gasteiger partial charge < -0.3 is 0 Å². The molecule has 0 atom stereocenters. The lowest BCUT2D eigenvalue weighted by Crippen LogP contribution is -2.30. The number of nitro benzene ring substituents is 1. The summed E-state index contributed by atoms with van der Waals surface area (Å²) in [4.78, 5) is 10.5. The molecule has 0 fully saturated rings. The summed E-state index contributed by atoms with van der Waals surface area (Å²) in [5.74, 6) is -0.888. The predicted molar refractivity (Wildman–Crippen MR) is 116 cm³/mol. The van der Waals surface area contributed by atoms with Gasteiger partial charge in [0.25, 0.3) is 5.69 Å². The second-order valence-electron chi connectivity index (χ2n) is 6.91. The number of sulfonamides is 1. The molecule has 172 valence electrons. The van der Waals surface area contributed by atoms with Crippen molar-refractivity contribution >= 4 is 36.9 Å². The van der Waals surface area contributed by atoms with Gasteiger partial charge in [0.05, 0.1) is 26.2 Å². The van der Waals surface area contributed by atoms with E-state index in [4.69, 9.17) is 0 Å². The first-order valence-corrected chi connectivity index (χ1v) is 12.7. The molecule has 13 heteroatoms. The first-order chi connectivity index (χ1) is 15.0. The van der Waals surface area contributed by atoms with E-state index in [-0.39, 0.29) is 52.0 Å². The number of nitrogens with one attached hydrogen (secondary N) is 1. The number of nitrogens with zero attached hydrogens (tertiary/aromatic N) is 3. The van der Waals surface area contributed by atoms with Gasteiger partial charge in [-0.1, -0.05) is 13.8 Å². The number of fused-ring (bicyclic) bond motifs is 1. The van der Waals surface area contributed by atoms with Crippen molar-refractivity contribution in [2.24, 2.45) is 5.10 Å². The predicted octanol–water partition coefficient (Wildman–Crippen LogP) is 2.76. The Morgan fingerprint density at radius 1 is 1.19 bits per heavy atom. The number of nitro groups is 1. The van der Waals surface area contributed by atoms with Gasteiger partial charge in [0.2, 0.25) is 10.0 Å². The van der Waals surface area contributed by atoms with Gasteiger partial charge in [-0.3, -0.25) is 15.5 Å². The van der Waals surface area contributed by atoms with Gasteiger partial charge in [-0.15, -0.1) is 0 Å². The molecule has 0 spiro atoms. The van der Waals surface area contributed by atoms with Crippen LogP contribution in [0.4, 0.5) is 15.8 Å². The fourth-order valence-corrected chi connectivity index (χ4v) is 6.30. The smallest absolute Gasteiger partial charge is 0.271 e. The van der Waals surface area contributed by atoms with E-state index in [2.05, 4.69) is 10.5 Å². The molecule has 10 nitrogen and oxygen atoms in total. The largest absolute Gasteiger partial charge is 0.295 e. The number of hydrogen-bond acceptors (Lipinski definition) is 8. The maximum absolute atomic E-state index is 13.7. The number of hydrazone groups is 1. The standard InChI is InChI=1S/C19H21FN4O6S2/c1-3-23(4-2)32(29,30)14-6-7-17(18(12-14)24(25)26)22-21-16-9-10-31(27,28)19-8-5-13(20)11-15(16)19/h5-8,11-12,22H,3-4,9-10H2,1-2H3/b21-16+. The van der Waals surface area contributed by atoms with Crippen molar-refractivity contribution in [3.05, 3.63) is 57.9 Å². The molecule has 1 aliphatic rings. The normalized spacial score (nSPS) is 16.7. The summed E-state index contributed by atoms with van der Waals surface area (Å²) in [6, 6.07) is 6.61. The molecule has 2 aromatic rings. The second-order valence-corrected chi connectivity index (χ2v) is 10.9. The zero-order valence-corrected chi connectivity index (χ0v) is 18.9. The number of halogens is 1. The zero-order valence-electron chi connectivity index (χ0n) is 17.3. The van der Waals surface area contributed by atoms with Crippen LogP contribution in [0.25, 0.3) is 0 Å². The molecule has 1 N–H and O–H groups in total. The molecule has 3 rings (SSSR count). The van der Waals surface area contributed by atoms with E-state index < -0.39 is 36.3 Å². The lowest BCUT2D eigenvalue weighted by Gasteiger charge is -2.19. The van der Waals surface area contributed by atoms with Crippen molar-refractivity contribution in [1.82, 2.24) is 4.31 Å². The van der Waals surface area contributed by atoms with Crippen molar-refractivity contribution < 1.29 is 26.1 Å². The van der Waals surface area contributed by atoms with Gasteiger partial charge in [-0.25, -0.2) is 21.2 Å². The van der Waals surface area contributed by atoms with Crippen LogP contribution in [-0.4, -0.2) is 50.6 Å². The summed E-state index contributed by atoms with van der Waals surface area (Å²) in [6.45, 7) is 3.73. The quantitative estimate of drug-likeness (QED) is 0.362. The van der Waals surface area contributed by atoms with Crippen molar-refractivity contribution in [1.29, 1.82) is 0 Å². The zero-order chi connectivity index (χ0) is 23.7. The fourth-order valence-electron chi connectivity index (χ4n) is 3.35. The summed E-state index contributed by atoms with van der Waals surface area (Å²) >= 11 is 0. The van der Waals surface area contributed by atoms with Gasteiger partial charge >= 0.3 is 0 Å². The van der Waals surface area contributed by atoms with Crippen LogP contribution in [0.2, 0.25) is 0 Å². The molecule has 0 bridgehead atoms. The molecular weight excluding hydrogens is 463 g/mol. The summed E-state index contributed by atoms with van der Waals surface area (Å²) in [5.41, 5.74) is 2.18.